The quantitative estimate of drug-likeness (QED) is 0.708. The van der Waals surface area contributed by atoms with Crippen LogP contribution in [0.1, 0.15) is 42.6 Å². The van der Waals surface area contributed by atoms with E-state index in [1.807, 2.05) is 0 Å². The van der Waals surface area contributed by atoms with E-state index < -0.39 is 0 Å². The van der Waals surface area contributed by atoms with Crippen molar-refractivity contribution in [2.75, 3.05) is 6.54 Å². The highest BCUT2D eigenvalue weighted by Gasteiger charge is 2.24. The van der Waals surface area contributed by atoms with Crippen molar-refractivity contribution in [2.24, 2.45) is 11.7 Å². The summed E-state index contributed by atoms with van der Waals surface area (Å²) in [5.41, 5.74) is 6.07. The van der Waals surface area contributed by atoms with Crippen LogP contribution in [0.5, 0.6) is 0 Å². The summed E-state index contributed by atoms with van der Waals surface area (Å²) < 4.78 is 0. The lowest BCUT2D eigenvalue weighted by Crippen LogP contribution is -2.46. The molecule has 94 valence electrons. The molecule has 1 heterocycles. The number of aromatic nitrogens is 3. The summed E-state index contributed by atoms with van der Waals surface area (Å²) >= 11 is 0. The molecule has 0 bridgehead atoms. The largest absolute Gasteiger partial charge is 0.346 e. The van der Waals surface area contributed by atoms with Crippen molar-refractivity contribution in [3.8, 4) is 0 Å². The van der Waals surface area contributed by atoms with E-state index in [2.05, 4.69) is 20.7 Å². The third kappa shape index (κ3) is 3.03. The molecule has 1 fully saturated rings. The number of hydrogen-bond donors (Lipinski definition) is 3. The Kier molecular flexibility index (Phi) is 4.08. The molecule has 2 rings (SSSR count). The zero-order valence-corrected chi connectivity index (χ0v) is 9.85. The molecule has 0 saturated heterocycles. The lowest BCUT2D eigenvalue weighted by molar-refractivity contribution is 0.0910. The number of aromatic amines is 1. The van der Waals surface area contributed by atoms with Gasteiger partial charge >= 0.3 is 0 Å². The summed E-state index contributed by atoms with van der Waals surface area (Å²) in [5, 5.41) is 12.8. The van der Waals surface area contributed by atoms with E-state index in [-0.39, 0.29) is 11.9 Å². The van der Waals surface area contributed by atoms with Gasteiger partial charge in [-0.3, -0.25) is 4.79 Å². The molecule has 4 N–H and O–H groups in total. The predicted octanol–water partition coefficient (Wildman–Crippen LogP) is 0.442. The van der Waals surface area contributed by atoms with Crippen LogP contribution in [0.3, 0.4) is 0 Å². The van der Waals surface area contributed by atoms with Gasteiger partial charge in [0, 0.05) is 12.6 Å². The number of carbonyl (C=O) groups excluding carboxylic acids is 1. The molecule has 0 aromatic carbocycles. The molecule has 0 aliphatic heterocycles. The van der Waals surface area contributed by atoms with E-state index in [1.165, 1.54) is 25.5 Å². The Hall–Kier alpha value is -1.43. The van der Waals surface area contributed by atoms with Crippen molar-refractivity contribution < 1.29 is 4.79 Å². The molecule has 1 saturated carbocycles. The fourth-order valence-corrected chi connectivity index (χ4v) is 2.46. The second-order valence-electron chi connectivity index (χ2n) is 4.57. The van der Waals surface area contributed by atoms with E-state index in [0.29, 0.717) is 18.2 Å². The molecule has 1 aromatic heterocycles. The van der Waals surface area contributed by atoms with Crippen LogP contribution in [0.15, 0.2) is 6.20 Å². The Labute approximate surface area is 100 Å². The number of amides is 1. The number of nitrogens with zero attached hydrogens (tertiary/aromatic N) is 2. The SMILES string of the molecule is NCC(NC(=O)c1cn[nH]n1)C1CCCCC1. The monoisotopic (exact) mass is 237 g/mol. The van der Waals surface area contributed by atoms with Gasteiger partial charge in [-0.1, -0.05) is 19.3 Å². The highest BCUT2D eigenvalue weighted by Crippen LogP contribution is 2.26. The van der Waals surface area contributed by atoms with Crippen LogP contribution in [0, 0.1) is 5.92 Å². The van der Waals surface area contributed by atoms with Crippen molar-refractivity contribution in [3.63, 3.8) is 0 Å². The highest BCUT2D eigenvalue weighted by atomic mass is 16.2. The zero-order valence-electron chi connectivity index (χ0n) is 9.85. The van der Waals surface area contributed by atoms with Gasteiger partial charge in [0.15, 0.2) is 5.69 Å². The first-order chi connectivity index (χ1) is 8.31. The Morgan fingerprint density at radius 2 is 2.29 bits per heavy atom. The minimum atomic E-state index is -0.195. The van der Waals surface area contributed by atoms with Gasteiger partial charge in [-0.15, -0.1) is 0 Å². The first-order valence-corrected chi connectivity index (χ1v) is 6.18. The summed E-state index contributed by atoms with van der Waals surface area (Å²) in [6, 6.07) is 0.0551. The van der Waals surface area contributed by atoms with Gasteiger partial charge in [0.1, 0.15) is 0 Å². The summed E-state index contributed by atoms with van der Waals surface area (Å²) in [7, 11) is 0. The van der Waals surface area contributed by atoms with Crippen LogP contribution >= 0.6 is 0 Å². The molecule has 1 aliphatic carbocycles. The van der Waals surface area contributed by atoms with Gasteiger partial charge in [0.25, 0.3) is 5.91 Å². The summed E-state index contributed by atoms with van der Waals surface area (Å²) in [6.07, 6.45) is 7.50. The third-order valence-corrected chi connectivity index (χ3v) is 3.44. The van der Waals surface area contributed by atoms with Crippen molar-refractivity contribution in [3.05, 3.63) is 11.9 Å². The van der Waals surface area contributed by atoms with Gasteiger partial charge in [0.2, 0.25) is 0 Å². The highest BCUT2D eigenvalue weighted by molar-refractivity contribution is 5.92. The molecule has 1 amide bonds. The zero-order chi connectivity index (χ0) is 12.1. The normalized spacial score (nSPS) is 18.9. The molecule has 6 heteroatoms. The minimum absolute atomic E-state index is 0.0551. The molecule has 1 aromatic rings. The predicted molar refractivity (Wildman–Crippen MR) is 63.3 cm³/mol. The van der Waals surface area contributed by atoms with Gasteiger partial charge in [-0.05, 0) is 18.8 Å². The molecule has 17 heavy (non-hydrogen) atoms. The van der Waals surface area contributed by atoms with Crippen molar-refractivity contribution in [2.45, 2.75) is 38.1 Å². The Morgan fingerprint density at radius 3 is 2.88 bits per heavy atom. The van der Waals surface area contributed by atoms with Gasteiger partial charge in [-0.2, -0.15) is 15.4 Å². The number of nitrogens with one attached hydrogen (secondary N) is 2. The molecule has 0 spiro atoms. The van der Waals surface area contributed by atoms with E-state index in [0.717, 1.165) is 12.8 Å². The first kappa shape index (κ1) is 12.0. The molecule has 1 unspecified atom stereocenters. The Balaban J connectivity index is 1.92. The van der Waals surface area contributed by atoms with Gasteiger partial charge < -0.3 is 11.1 Å². The van der Waals surface area contributed by atoms with E-state index in [1.54, 1.807) is 0 Å². The lowest BCUT2D eigenvalue weighted by atomic mass is 9.84. The molecular weight excluding hydrogens is 218 g/mol. The number of nitrogens with two attached hydrogens (primary N) is 1. The smallest absolute Gasteiger partial charge is 0.273 e. The molecule has 1 aliphatic rings. The lowest BCUT2D eigenvalue weighted by Gasteiger charge is -2.29. The summed E-state index contributed by atoms with van der Waals surface area (Å²) in [5.74, 6) is 0.310. The van der Waals surface area contributed by atoms with Crippen LogP contribution in [0.4, 0.5) is 0 Å². The number of rotatable bonds is 4. The Bertz CT molecular complexity index is 345. The Morgan fingerprint density at radius 1 is 1.53 bits per heavy atom. The molecule has 1 atom stereocenters. The van der Waals surface area contributed by atoms with Crippen LogP contribution in [0.25, 0.3) is 0 Å². The number of carbonyl (C=O) groups is 1. The van der Waals surface area contributed by atoms with Crippen LogP contribution in [-0.2, 0) is 0 Å². The number of H-pyrrole nitrogens is 1. The maximum Gasteiger partial charge on any atom is 0.273 e. The maximum absolute atomic E-state index is 11.8. The van der Waals surface area contributed by atoms with Crippen LogP contribution in [0.2, 0.25) is 0 Å². The minimum Gasteiger partial charge on any atom is -0.346 e. The second kappa shape index (κ2) is 5.77. The molecule has 0 radical (unpaired) electrons. The fraction of sp³-hybridized carbons (Fsp3) is 0.727. The van der Waals surface area contributed by atoms with E-state index >= 15 is 0 Å². The van der Waals surface area contributed by atoms with Crippen molar-refractivity contribution in [1.29, 1.82) is 0 Å². The summed E-state index contributed by atoms with van der Waals surface area (Å²) in [4.78, 5) is 11.8. The van der Waals surface area contributed by atoms with Gasteiger partial charge in [0.05, 0.1) is 6.20 Å². The van der Waals surface area contributed by atoms with E-state index in [4.69, 9.17) is 5.73 Å². The van der Waals surface area contributed by atoms with Crippen molar-refractivity contribution >= 4 is 5.91 Å². The first-order valence-electron chi connectivity index (χ1n) is 6.18. The summed E-state index contributed by atoms with van der Waals surface area (Å²) in [6.45, 7) is 0.480. The average molecular weight is 237 g/mol. The second-order valence-corrected chi connectivity index (χ2v) is 4.57. The molecule has 6 nitrogen and oxygen atoms in total. The third-order valence-electron chi connectivity index (χ3n) is 3.44. The van der Waals surface area contributed by atoms with Gasteiger partial charge in [-0.25, -0.2) is 0 Å². The van der Waals surface area contributed by atoms with E-state index in [9.17, 15) is 4.79 Å². The molecular formula is C11H19N5O. The van der Waals surface area contributed by atoms with Crippen LogP contribution < -0.4 is 11.1 Å². The fourth-order valence-electron chi connectivity index (χ4n) is 2.46. The standard InChI is InChI=1S/C11H19N5O/c12-6-9(8-4-2-1-3-5-8)14-11(17)10-7-13-16-15-10/h7-9H,1-6,12H2,(H,14,17)(H,13,15,16). The maximum atomic E-state index is 11.8. The topological polar surface area (TPSA) is 96.7 Å². The van der Waals surface area contributed by atoms with Crippen molar-refractivity contribution in [1.82, 2.24) is 20.7 Å². The van der Waals surface area contributed by atoms with Crippen LogP contribution in [-0.4, -0.2) is 33.9 Å². The number of hydrogen-bond acceptors (Lipinski definition) is 4. The average Bonchev–Trinajstić information content (AvgIpc) is 2.90.